The van der Waals surface area contributed by atoms with Crippen LogP contribution in [0.15, 0.2) is 24.3 Å². The molecular weight excluding hydrogens is 172 g/mol. The van der Waals surface area contributed by atoms with E-state index in [2.05, 4.69) is 0 Å². The molecule has 0 heterocycles. The third-order valence-corrected chi connectivity index (χ3v) is 1.93. The second kappa shape index (κ2) is 4.27. The highest BCUT2D eigenvalue weighted by atomic mass is 35.5. The lowest BCUT2D eigenvalue weighted by molar-refractivity contribution is -0.116. The SMILES string of the molecule is CC(=O)CCc1ccc(Cl)cc1. The van der Waals surface area contributed by atoms with Gasteiger partial charge in [-0.15, -0.1) is 0 Å². The molecule has 0 radical (unpaired) electrons. The number of halogens is 1. The summed E-state index contributed by atoms with van der Waals surface area (Å²) in [5, 5.41) is 0.738. The van der Waals surface area contributed by atoms with Gasteiger partial charge in [0.25, 0.3) is 0 Å². The van der Waals surface area contributed by atoms with Gasteiger partial charge in [0.05, 0.1) is 0 Å². The lowest BCUT2D eigenvalue weighted by atomic mass is 10.1. The summed E-state index contributed by atoms with van der Waals surface area (Å²) in [7, 11) is 0. The van der Waals surface area contributed by atoms with Gasteiger partial charge in [-0.3, -0.25) is 0 Å². The molecule has 0 atom stereocenters. The highest BCUT2D eigenvalue weighted by molar-refractivity contribution is 6.30. The van der Waals surface area contributed by atoms with Gasteiger partial charge in [0.2, 0.25) is 0 Å². The molecule has 12 heavy (non-hydrogen) atoms. The molecule has 0 amide bonds. The number of hydrogen-bond donors (Lipinski definition) is 0. The zero-order valence-electron chi connectivity index (χ0n) is 7.01. The van der Waals surface area contributed by atoms with E-state index in [-0.39, 0.29) is 5.78 Å². The molecule has 64 valence electrons. The van der Waals surface area contributed by atoms with E-state index >= 15 is 0 Å². The van der Waals surface area contributed by atoms with Crippen LogP contribution in [-0.2, 0) is 11.2 Å². The standard InChI is InChI=1S/C10H11ClO/c1-8(12)2-3-9-4-6-10(11)7-5-9/h4-7H,2-3H2,1H3. The van der Waals surface area contributed by atoms with E-state index in [1.165, 1.54) is 0 Å². The molecule has 0 spiro atoms. The summed E-state index contributed by atoms with van der Waals surface area (Å²) in [5.74, 6) is 0.227. The number of hydrogen-bond acceptors (Lipinski definition) is 1. The van der Waals surface area contributed by atoms with Gasteiger partial charge >= 0.3 is 0 Å². The maximum atomic E-state index is 10.7. The van der Waals surface area contributed by atoms with Crippen LogP contribution in [-0.4, -0.2) is 5.78 Å². The molecule has 1 rings (SSSR count). The van der Waals surface area contributed by atoms with Crippen LogP contribution in [0.5, 0.6) is 0 Å². The van der Waals surface area contributed by atoms with Crippen molar-refractivity contribution in [2.75, 3.05) is 0 Å². The molecule has 2 heteroatoms. The quantitative estimate of drug-likeness (QED) is 0.703. The molecule has 0 saturated carbocycles. The van der Waals surface area contributed by atoms with Gasteiger partial charge in [0, 0.05) is 11.4 Å². The molecule has 0 N–H and O–H groups in total. The maximum Gasteiger partial charge on any atom is 0.130 e. The summed E-state index contributed by atoms with van der Waals surface area (Å²) in [5.41, 5.74) is 1.16. The predicted octanol–water partition coefficient (Wildman–Crippen LogP) is 2.86. The van der Waals surface area contributed by atoms with Crippen molar-refractivity contribution < 1.29 is 4.79 Å². The number of carbonyl (C=O) groups is 1. The Balaban J connectivity index is 2.53. The van der Waals surface area contributed by atoms with Crippen LogP contribution in [0.3, 0.4) is 0 Å². The highest BCUT2D eigenvalue weighted by Crippen LogP contribution is 2.10. The van der Waals surface area contributed by atoms with Crippen LogP contribution in [0.25, 0.3) is 0 Å². The molecular formula is C10H11ClO. The van der Waals surface area contributed by atoms with Crippen molar-refractivity contribution in [1.82, 2.24) is 0 Å². The number of Topliss-reactive ketones (excluding diaryl/α,β-unsaturated/α-hetero) is 1. The van der Waals surface area contributed by atoms with E-state index in [0.29, 0.717) is 6.42 Å². The fourth-order valence-electron chi connectivity index (χ4n) is 0.971. The molecule has 0 aliphatic heterocycles. The monoisotopic (exact) mass is 182 g/mol. The number of aryl methyl sites for hydroxylation is 1. The van der Waals surface area contributed by atoms with Crippen molar-refractivity contribution >= 4 is 17.4 Å². The first kappa shape index (κ1) is 9.27. The van der Waals surface area contributed by atoms with Crippen LogP contribution >= 0.6 is 11.6 Å². The Labute approximate surface area is 77.4 Å². The second-order valence-corrected chi connectivity index (χ2v) is 3.26. The number of carbonyl (C=O) groups excluding carboxylic acids is 1. The Morgan fingerprint density at radius 2 is 1.92 bits per heavy atom. The Hall–Kier alpha value is -0.820. The van der Waals surface area contributed by atoms with E-state index in [9.17, 15) is 4.79 Å². The summed E-state index contributed by atoms with van der Waals surface area (Å²) in [6.45, 7) is 1.61. The molecule has 0 bridgehead atoms. The Morgan fingerprint density at radius 1 is 1.33 bits per heavy atom. The van der Waals surface area contributed by atoms with E-state index in [1.54, 1.807) is 6.92 Å². The topological polar surface area (TPSA) is 17.1 Å². The minimum atomic E-state index is 0.227. The molecule has 0 aliphatic rings. The fraction of sp³-hybridized carbons (Fsp3) is 0.300. The van der Waals surface area contributed by atoms with E-state index in [0.717, 1.165) is 17.0 Å². The third-order valence-electron chi connectivity index (χ3n) is 1.68. The van der Waals surface area contributed by atoms with Crippen LogP contribution in [0.2, 0.25) is 5.02 Å². The summed E-state index contributed by atoms with van der Waals surface area (Å²) < 4.78 is 0. The van der Waals surface area contributed by atoms with Crippen molar-refractivity contribution in [3.05, 3.63) is 34.9 Å². The van der Waals surface area contributed by atoms with Crippen molar-refractivity contribution in [2.24, 2.45) is 0 Å². The van der Waals surface area contributed by atoms with E-state index in [1.807, 2.05) is 24.3 Å². The maximum absolute atomic E-state index is 10.7. The fourth-order valence-corrected chi connectivity index (χ4v) is 1.10. The second-order valence-electron chi connectivity index (χ2n) is 2.83. The molecule has 1 aromatic carbocycles. The normalized spacial score (nSPS) is 9.83. The molecule has 0 fully saturated rings. The molecule has 0 aliphatic carbocycles. The summed E-state index contributed by atoms with van der Waals surface area (Å²) in [6.07, 6.45) is 1.42. The molecule has 1 nitrogen and oxygen atoms in total. The van der Waals surface area contributed by atoms with Gasteiger partial charge < -0.3 is 4.79 Å². The Morgan fingerprint density at radius 3 is 2.42 bits per heavy atom. The van der Waals surface area contributed by atoms with Gasteiger partial charge in [0.15, 0.2) is 0 Å². The highest BCUT2D eigenvalue weighted by Gasteiger charge is 1.95. The third kappa shape index (κ3) is 3.05. The molecule has 0 unspecified atom stereocenters. The van der Waals surface area contributed by atoms with Crippen molar-refractivity contribution in [1.29, 1.82) is 0 Å². The summed E-state index contributed by atoms with van der Waals surface area (Å²) in [4.78, 5) is 10.7. The Bertz CT molecular complexity index is 264. The van der Waals surface area contributed by atoms with Gasteiger partial charge in [-0.05, 0) is 31.0 Å². The van der Waals surface area contributed by atoms with Crippen molar-refractivity contribution in [3.8, 4) is 0 Å². The van der Waals surface area contributed by atoms with Crippen molar-refractivity contribution in [3.63, 3.8) is 0 Å². The predicted molar refractivity (Wildman–Crippen MR) is 50.5 cm³/mol. The van der Waals surface area contributed by atoms with Crippen LogP contribution in [0.1, 0.15) is 18.9 Å². The number of rotatable bonds is 3. The zero-order chi connectivity index (χ0) is 8.97. The van der Waals surface area contributed by atoms with E-state index in [4.69, 9.17) is 11.6 Å². The minimum Gasteiger partial charge on any atom is -0.300 e. The van der Waals surface area contributed by atoms with Gasteiger partial charge in [-0.1, -0.05) is 23.7 Å². The lowest BCUT2D eigenvalue weighted by Crippen LogP contribution is -1.93. The first-order valence-corrected chi connectivity index (χ1v) is 4.30. The van der Waals surface area contributed by atoms with Gasteiger partial charge in [-0.25, -0.2) is 0 Å². The summed E-state index contributed by atoms with van der Waals surface area (Å²) >= 11 is 5.71. The minimum absolute atomic E-state index is 0.227. The van der Waals surface area contributed by atoms with Crippen LogP contribution in [0, 0.1) is 0 Å². The average molecular weight is 183 g/mol. The summed E-state index contributed by atoms with van der Waals surface area (Å²) in [6, 6.07) is 7.59. The van der Waals surface area contributed by atoms with Gasteiger partial charge in [0.1, 0.15) is 5.78 Å². The first-order chi connectivity index (χ1) is 5.68. The average Bonchev–Trinajstić information content (AvgIpc) is 2.03. The molecule has 0 aromatic heterocycles. The smallest absolute Gasteiger partial charge is 0.130 e. The lowest BCUT2D eigenvalue weighted by Gasteiger charge is -1.97. The number of ketones is 1. The van der Waals surface area contributed by atoms with Gasteiger partial charge in [-0.2, -0.15) is 0 Å². The largest absolute Gasteiger partial charge is 0.300 e. The first-order valence-electron chi connectivity index (χ1n) is 3.92. The number of benzene rings is 1. The van der Waals surface area contributed by atoms with Crippen LogP contribution in [0.4, 0.5) is 0 Å². The van der Waals surface area contributed by atoms with E-state index < -0.39 is 0 Å². The molecule has 0 saturated heterocycles. The molecule has 1 aromatic rings. The van der Waals surface area contributed by atoms with Crippen LogP contribution < -0.4 is 0 Å². The zero-order valence-corrected chi connectivity index (χ0v) is 7.77. The van der Waals surface area contributed by atoms with Crippen molar-refractivity contribution in [2.45, 2.75) is 19.8 Å². The Kier molecular flexibility index (Phi) is 3.30.